The second-order valence-corrected chi connectivity index (χ2v) is 3.49. The zero-order chi connectivity index (χ0) is 9.07. The van der Waals surface area contributed by atoms with Gasteiger partial charge in [0.2, 0.25) is 0 Å². The van der Waals surface area contributed by atoms with E-state index in [1.807, 2.05) is 0 Å². The van der Waals surface area contributed by atoms with Gasteiger partial charge in [-0.15, -0.1) is 0 Å². The number of hydrogen-bond acceptors (Lipinski definition) is 2. The second kappa shape index (κ2) is 11.1. The van der Waals surface area contributed by atoms with E-state index in [4.69, 9.17) is 4.74 Å². The molecule has 12 heavy (non-hydrogen) atoms. The maximum Gasteiger partial charge on any atom is 0.145 e. The van der Waals surface area contributed by atoms with Gasteiger partial charge in [-0.25, -0.2) is 0 Å². The van der Waals surface area contributed by atoms with Gasteiger partial charge in [-0.2, -0.15) is 0 Å². The summed E-state index contributed by atoms with van der Waals surface area (Å²) in [6, 6.07) is 0. The Hall–Kier alpha value is 0.110. The van der Waals surface area contributed by atoms with Gasteiger partial charge in [0.25, 0.3) is 0 Å². The Morgan fingerprint density at radius 3 is 2.42 bits per heavy atom. The zero-order valence-corrected chi connectivity index (χ0v) is 9.01. The smallest absolute Gasteiger partial charge is 0.145 e. The largest absolute Gasteiger partial charge is 0.374 e. The molecule has 72 valence electrons. The van der Waals surface area contributed by atoms with E-state index < -0.39 is 0 Å². The van der Waals surface area contributed by atoms with E-state index in [-0.39, 0.29) is 6.61 Å². The van der Waals surface area contributed by atoms with Gasteiger partial charge in [-0.3, -0.25) is 0 Å². The Labute approximate surface area is 82.8 Å². The summed E-state index contributed by atoms with van der Waals surface area (Å²) in [5.74, 6) is 0. The first-order valence-electron chi connectivity index (χ1n) is 4.49. The Morgan fingerprint density at radius 1 is 1.08 bits per heavy atom. The van der Waals surface area contributed by atoms with Crippen LogP contribution in [0.5, 0.6) is 0 Å². The highest BCUT2D eigenvalue weighted by Gasteiger charge is 1.90. The van der Waals surface area contributed by atoms with Gasteiger partial charge in [-0.1, -0.05) is 35.2 Å². The first-order chi connectivity index (χ1) is 5.91. The molecule has 0 unspecified atom stereocenters. The zero-order valence-electron chi connectivity index (χ0n) is 7.43. The third-order valence-corrected chi connectivity index (χ3v) is 2.17. The molecule has 0 aliphatic heterocycles. The Morgan fingerprint density at radius 2 is 1.75 bits per heavy atom. The molecular formula is C9H17BrO2. The molecule has 0 spiro atoms. The molecule has 0 atom stereocenters. The highest BCUT2D eigenvalue weighted by molar-refractivity contribution is 9.09. The maximum atomic E-state index is 9.85. The molecule has 0 N–H and O–H groups in total. The van der Waals surface area contributed by atoms with Gasteiger partial charge < -0.3 is 9.53 Å². The van der Waals surface area contributed by atoms with E-state index in [9.17, 15) is 4.79 Å². The molecule has 0 rings (SSSR count). The first-order valence-corrected chi connectivity index (χ1v) is 5.61. The van der Waals surface area contributed by atoms with Gasteiger partial charge in [0.1, 0.15) is 12.9 Å². The second-order valence-electron chi connectivity index (χ2n) is 2.70. The van der Waals surface area contributed by atoms with Crippen molar-refractivity contribution in [3.63, 3.8) is 0 Å². The monoisotopic (exact) mass is 236 g/mol. The summed E-state index contributed by atoms with van der Waals surface area (Å²) in [5.41, 5.74) is 0. The van der Waals surface area contributed by atoms with Crippen LogP contribution in [-0.4, -0.2) is 24.8 Å². The van der Waals surface area contributed by atoms with Crippen LogP contribution in [0.2, 0.25) is 0 Å². The van der Waals surface area contributed by atoms with Crippen LogP contribution in [0.3, 0.4) is 0 Å². The molecule has 0 amide bonds. The maximum absolute atomic E-state index is 9.85. The normalized spacial score (nSPS) is 10.1. The fourth-order valence-electron chi connectivity index (χ4n) is 0.960. The summed E-state index contributed by atoms with van der Waals surface area (Å²) in [7, 11) is 0. The lowest BCUT2D eigenvalue weighted by Gasteiger charge is -1.99. The van der Waals surface area contributed by atoms with Crippen LogP contribution in [0, 0.1) is 0 Å². The van der Waals surface area contributed by atoms with Crippen molar-refractivity contribution in [1.29, 1.82) is 0 Å². The minimum Gasteiger partial charge on any atom is -0.374 e. The molecule has 0 radical (unpaired) electrons. The molecule has 0 aliphatic rings. The molecule has 3 heteroatoms. The van der Waals surface area contributed by atoms with Gasteiger partial charge in [0, 0.05) is 11.9 Å². The number of hydrogen-bond donors (Lipinski definition) is 0. The van der Waals surface area contributed by atoms with Crippen molar-refractivity contribution >= 4 is 22.2 Å². The fraction of sp³-hybridized carbons (Fsp3) is 0.889. The SMILES string of the molecule is O=CCOCCCCCCCBr. The summed E-state index contributed by atoms with van der Waals surface area (Å²) in [6.45, 7) is 0.981. The number of carbonyl (C=O) groups is 1. The summed E-state index contributed by atoms with van der Waals surface area (Å²) < 4.78 is 5.01. The standard InChI is InChI=1S/C9H17BrO2/c10-6-4-2-1-3-5-8-12-9-7-11/h7H,1-6,8-9H2. The number of alkyl halides is 1. The van der Waals surface area contributed by atoms with Crippen molar-refractivity contribution in [3.8, 4) is 0 Å². The van der Waals surface area contributed by atoms with Gasteiger partial charge in [0.05, 0.1) is 0 Å². The molecule has 0 heterocycles. The molecule has 0 aromatic rings. The van der Waals surface area contributed by atoms with Gasteiger partial charge >= 0.3 is 0 Å². The van der Waals surface area contributed by atoms with E-state index in [2.05, 4.69) is 15.9 Å². The number of ether oxygens (including phenoxy) is 1. The molecule has 2 nitrogen and oxygen atoms in total. The van der Waals surface area contributed by atoms with Crippen LogP contribution in [0.1, 0.15) is 32.1 Å². The van der Waals surface area contributed by atoms with Crippen LogP contribution in [0.25, 0.3) is 0 Å². The lowest BCUT2D eigenvalue weighted by Crippen LogP contribution is -1.97. The van der Waals surface area contributed by atoms with Crippen LogP contribution in [0.15, 0.2) is 0 Å². The molecule has 0 saturated heterocycles. The average Bonchev–Trinajstić information content (AvgIpc) is 2.10. The van der Waals surface area contributed by atoms with E-state index >= 15 is 0 Å². The van der Waals surface area contributed by atoms with Crippen molar-refractivity contribution in [2.75, 3.05) is 18.5 Å². The summed E-state index contributed by atoms with van der Waals surface area (Å²) in [5, 5.41) is 1.11. The molecule has 0 aromatic carbocycles. The van der Waals surface area contributed by atoms with Gasteiger partial charge in [-0.05, 0) is 12.8 Å². The van der Waals surface area contributed by atoms with Crippen molar-refractivity contribution < 1.29 is 9.53 Å². The van der Waals surface area contributed by atoms with Crippen molar-refractivity contribution in [1.82, 2.24) is 0 Å². The molecule has 0 fully saturated rings. The fourth-order valence-corrected chi connectivity index (χ4v) is 1.36. The Kier molecular flexibility index (Phi) is 11.2. The molecule has 0 saturated carbocycles. The predicted octanol–water partition coefficient (Wildman–Crippen LogP) is 2.55. The number of halogens is 1. The molecule has 0 aliphatic carbocycles. The summed E-state index contributed by atoms with van der Waals surface area (Å²) in [4.78, 5) is 9.85. The quantitative estimate of drug-likeness (QED) is 0.350. The van der Waals surface area contributed by atoms with Crippen LogP contribution in [0.4, 0.5) is 0 Å². The third kappa shape index (κ3) is 10.1. The number of rotatable bonds is 9. The van der Waals surface area contributed by atoms with Gasteiger partial charge in [0.15, 0.2) is 0 Å². The summed E-state index contributed by atoms with van der Waals surface area (Å²) >= 11 is 3.39. The molecule has 0 bridgehead atoms. The predicted molar refractivity (Wildman–Crippen MR) is 53.8 cm³/mol. The van der Waals surface area contributed by atoms with Crippen LogP contribution < -0.4 is 0 Å². The Bertz CT molecular complexity index is 96.5. The van der Waals surface area contributed by atoms with Crippen molar-refractivity contribution in [3.05, 3.63) is 0 Å². The Balaban J connectivity index is 2.77. The van der Waals surface area contributed by atoms with Crippen molar-refractivity contribution in [2.24, 2.45) is 0 Å². The lowest BCUT2D eigenvalue weighted by molar-refractivity contribution is -0.111. The van der Waals surface area contributed by atoms with E-state index in [0.29, 0.717) is 0 Å². The van der Waals surface area contributed by atoms with Crippen LogP contribution in [-0.2, 0) is 9.53 Å². The number of carbonyl (C=O) groups excluding carboxylic acids is 1. The summed E-state index contributed by atoms with van der Waals surface area (Å²) in [6.07, 6.45) is 6.91. The lowest BCUT2D eigenvalue weighted by atomic mass is 10.2. The average molecular weight is 237 g/mol. The van der Waals surface area contributed by atoms with E-state index in [1.165, 1.54) is 25.7 Å². The molecule has 0 aromatic heterocycles. The topological polar surface area (TPSA) is 26.3 Å². The third-order valence-electron chi connectivity index (χ3n) is 1.61. The number of unbranched alkanes of at least 4 members (excludes halogenated alkanes) is 4. The first kappa shape index (κ1) is 12.1. The highest BCUT2D eigenvalue weighted by Crippen LogP contribution is 2.04. The van der Waals surface area contributed by atoms with Crippen LogP contribution >= 0.6 is 15.9 Å². The van der Waals surface area contributed by atoms with E-state index in [1.54, 1.807) is 0 Å². The minimum absolute atomic E-state index is 0.251. The highest BCUT2D eigenvalue weighted by atomic mass is 79.9. The van der Waals surface area contributed by atoms with Crippen molar-refractivity contribution in [2.45, 2.75) is 32.1 Å². The molecular weight excluding hydrogens is 220 g/mol. The minimum atomic E-state index is 0.251. The van der Waals surface area contributed by atoms with E-state index in [0.717, 1.165) is 24.6 Å². The number of aldehydes is 1.